The summed E-state index contributed by atoms with van der Waals surface area (Å²) in [7, 11) is 0. The molecule has 3 amide bonds. The van der Waals surface area contributed by atoms with Gasteiger partial charge in [0.2, 0.25) is 17.7 Å². The molecule has 1 atom stereocenters. The fourth-order valence-electron chi connectivity index (χ4n) is 2.68. The number of aromatic nitrogens is 3. The van der Waals surface area contributed by atoms with Gasteiger partial charge < -0.3 is 19.5 Å². The number of imide groups is 1. The van der Waals surface area contributed by atoms with E-state index in [0.717, 1.165) is 0 Å². The van der Waals surface area contributed by atoms with Crippen molar-refractivity contribution in [1.29, 1.82) is 0 Å². The zero-order valence-electron chi connectivity index (χ0n) is 17.0. The lowest BCUT2D eigenvalue weighted by Crippen LogP contribution is -2.29. The summed E-state index contributed by atoms with van der Waals surface area (Å²) in [5.74, 6) is -0.664. The third-order valence-corrected chi connectivity index (χ3v) is 4.17. The summed E-state index contributed by atoms with van der Waals surface area (Å²) in [6, 6.07) is 0. The Labute approximate surface area is 169 Å². The normalized spacial score (nSPS) is 16.6. The van der Waals surface area contributed by atoms with Crippen molar-refractivity contribution in [3.05, 3.63) is 11.9 Å². The molecule has 1 aromatic heterocycles. The number of hydrogen-bond acceptors (Lipinski definition) is 8. The second-order valence-electron chi connectivity index (χ2n) is 6.68. The van der Waals surface area contributed by atoms with Crippen molar-refractivity contribution in [3.8, 4) is 0 Å². The maximum atomic E-state index is 11.9. The highest BCUT2D eigenvalue weighted by Gasteiger charge is 2.35. The Kier molecular flexibility index (Phi) is 9.68. The van der Waals surface area contributed by atoms with Crippen molar-refractivity contribution in [3.63, 3.8) is 0 Å². The molecule has 0 bridgehead atoms. The van der Waals surface area contributed by atoms with E-state index in [4.69, 9.17) is 14.2 Å². The Morgan fingerprint density at radius 2 is 1.79 bits per heavy atom. The summed E-state index contributed by atoms with van der Waals surface area (Å²) in [5.41, 5.74) is 0.572. The number of carbonyl (C=O) groups excluding carboxylic acids is 3. The maximum Gasteiger partial charge on any atom is 0.232 e. The fourth-order valence-corrected chi connectivity index (χ4v) is 2.68. The maximum absolute atomic E-state index is 11.9. The average Bonchev–Trinajstić information content (AvgIpc) is 3.22. The third kappa shape index (κ3) is 8.26. The van der Waals surface area contributed by atoms with E-state index >= 15 is 0 Å². The van der Waals surface area contributed by atoms with Crippen LogP contribution in [0, 0.1) is 5.92 Å². The Morgan fingerprint density at radius 1 is 1.14 bits per heavy atom. The molecule has 162 valence electrons. The minimum absolute atomic E-state index is 0.0741. The molecule has 1 aliphatic rings. The van der Waals surface area contributed by atoms with Crippen LogP contribution in [0.25, 0.3) is 0 Å². The number of carbonyl (C=O) groups is 3. The average molecular weight is 411 g/mol. The first-order valence-electron chi connectivity index (χ1n) is 9.68. The van der Waals surface area contributed by atoms with E-state index in [-0.39, 0.29) is 36.6 Å². The van der Waals surface area contributed by atoms with Gasteiger partial charge in [-0.1, -0.05) is 6.92 Å². The molecule has 1 unspecified atom stereocenters. The molecule has 0 aliphatic carbocycles. The highest BCUT2D eigenvalue weighted by molar-refractivity contribution is 6.03. The van der Waals surface area contributed by atoms with Gasteiger partial charge in [-0.2, -0.15) is 15.0 Å². The zero-order chi connectivity index (χ0) is 21.1. The summed E-state index contributed by atoms with van der Waals surface area (Å²) in [5, 5.41) is 11.0. The zero-order valence-corrected chi connectivity index (χ0v) is 17.0. The van der Waals surface area contributed by atoms with Crippen molar-refractivity contribution < 1.29 is 28.6 Å². The van der Waals surface area contributed by atoms with Gasteiger partial charge in [0.15, 0.2) is 0 Å². The Morgan fingerprint density at radius 3 is 2.41 bits per heavy atom. The topological polar surface area (TPSA) is 125 Å². The molecule has 1 N–H and O–H groups in total. The van der Waals surface area contributed by atoms with Gasteiger partial charge in [0.05, 0.1) is 58.9 Å². The number of hydrogen-bond donors (Lipinski definition) is 1. The molecular weight excluding hydrogens is 382 g/mol. The van der Waals surface area contributed by atoms with Gasteiger partial charge in [0.1, 0.15) is 5.69 Å². The minimum Gasteiger partial charge on any atom is -0.377 e. The Bertz CT molecular complexity index is 679. The van der Waals surface area contributed by atoms with Crippen LogP contribution in [-0.4, -0.2) is 83.8 Å². The Hall–Kier alpha value is -2.37. The van der Waals surface area contributed by atoms with Crippen molar-refractivity contribution >= 4 is 17.7 Å². The molecule has 1 aliphatic heterocycles. The van der Waals surface area contributed by atoms with Crippen LogP contribution < -0.4 is 5.32 Å². The van der Waals surface area contributed by atoms with Crippen LogP contribution in [0.15, 0.2) is 6.20 Å². The standard InChI is InChI=1S/C18H29N5O6/c1-14-11-17(25)22(18(14)26)13-16-12-20-23(21-16)4-6-28-8-10-29-9-7-27-5-3-19-15(2)24/h12,14H,3-11,13H2,1-2H3,(H,19,24). The van der Waals surface area contributed by atoms with E-state index in [1.54, 1.807) is 13.1 Å². The first-order chi connectivity index (χ1) is 14.0. The molecule has 1 saturated heterocycles. The molecule has 2 rings (SSSR count). The van der Waals surface area contributed by atoms with Gasteiger partial charge in [0.25, 0.3) is 0 Å². The predicted octanol–water partition coefficient (Wildman–Crippen LogP) is -0.641. The first-order valence-corrected chi connectivity index (χ1v) is 9.68. The smallest absolute Gasteiger partial charge is 0.232 e. The van der Waals surface area contributed by atoms with Crippen LogP contribution in [-0.2, 0) is 41.7 Å². The number of nitrogens with zero attached hydrogens (tertiary/aromatic N) is 4. The van der Waals surface area contributed by atoms with Crippen LogP contribution >= 0.6 is 0 Å². The highest BCUT2D eigenvalue weighted by Crippen LogP contribution is 2.20. The van der Waals surface area contributed by atoms with Gasteiger partial charge in [-0.05, 0) is 0 Å². The van der Waals surface area contributed by atoms with Gasteiger partial charge in [-0.3, -0.25) is 19.3 Å². The number of rotatable bonds is 14. The van der Waals surface area contributed by atoms with Crippen LogP contribution in [0.5, 0.6) is 0 Å². The van der Waals surface area contributed by atoms with Gasteiger partial charge >= 0.3 is 0 Å². The van der Waals surface area contributed by atoms with Crippen LogP contribution in [0.4, 0.5) is 0 Å². The number of ether oxygens (including phenoxy) is 3. The van der Waals surface area contributed by atoms with Crippen molar-refractivity contribution in [2.24, 2.45) is 5.92 Å². The summed E-state index contributed by atoms with van der Waals surface area (Å²) >= 11 is 0. The SMILES string of the molecule is CC(=O)NCCOCCOCCOCCn1ncc(CN2C(=O)CC(C)C2=O)n1. The minimum atomic E-state index is -0.261. The van der Waals surface area contributed by atoms with Crippen LogP contribution in [0.3, 0.4) is 0 Å². The molecule has 1 fully saturated rings. The van der Waals surface area contributed by atoms with Gasteiger partial charge in [-0.25, -0.2) is 0 Å². The van der Waals surface area contributed by atoms with Gasteiger partial charge in [0, 0.05) is 25.8 Å². The quantitative estimate of drug-likeness (QED) is 0.317. The molecule has 11 heteroatoms. The second-order valence-corrected chi connectivity index (χ2v) is 6.68. The predicted molar refractivity (Wildman–Crippen MR) is 101 cm³/mol. The summed E-state index contributed by atoms with van der Waals surface area (Å²) < 4.78 is 16.1. The summed E-state index contributed by atoms with van der Waals surface area (Å²) in [4.78, 5) is 37.1. The molecule has 0 spiro atoms. The van der Waals surface area contributed by atoms with E-state index in [1.807, 2.05) is 0 Å². The van der Waals surface area contributed by atoms with Crippen LogP contribution in [0.2, 0.25) is 0 Å². The summed E-state index contributed by atoms with van der Waals surface area (Å²) in [6.45, 7) is 7.00. The number of likely N-dealkylation sites (tertiary alicyclic amines) is 1. The third-order valence-electron chi connectivity index (χ3n) is 4.17. The highest BCUT2D eigenvalue weighted by atomic mass is 16.5. The largest absolute Gasteiger partial charge is 0.377 e. The molecule has 2 heterocycles. The van der Waals surface area contributed by atoms with E-state index in [9.17, 15) is 14.4 Å². The monoisotopic (exact) mass is 411 g/mol. The number of nitrogens with one attached hydrogen (secondary N) is 1. The Balaban J connectivity index is 1.48. The molecule has 0 aromatic carbocycles. The van der Waals surface area contributed by atoms with Crippen molar-refractivity contribution in [2.75, 3.05) is 46.2 Å². The van der Waals surface area contributed by atoms with Crippen molar-refractivity contribution in [2.45, 2.75) is 33.4 Å². The lowest BCUT2D eigenvalue weighted by Gasteiger charge is -2.11. The van der Waals surface area contributed by atoms with E-state index in [1.165, 1.54) is 16.6 Å². The lowest BCUT2D eigenvalue weighted by molar-refractivity contribution is -0.140. The lowest BCUT2D eigenvalue weighted by atomic mass is 10.1. The molecule has 0 radical (unpaired) electrons. The first kappa shape index (κ1) is 22.9. The fraction of sp³-hybridized carbons (Fsp3) is 0.722. The van der Waals surface area contributed by atoms with E-state index < -0.39 is 0 Å². The summed E-state index contributed by atoms with van der Waals surface area (Å²) in [6.07, 6.45) is 1.81. The molecule has 29 heavy (non-hydrogen) atoms. The van der Waals surface area contributed by atoms with E-state index in [0.29, 0.717) is 58.4 Å². The van der Waals surface area contributed by atoms with Crippen LogP contribution in [0.1, 0.15) is 26.0 Å². The van der Waals surface area contributed by atoms with Gasteiger partial charge in [-0.15, -0.1) is 0 Å². The molecule has 0 saturated carbocycles. The number of amides is 3. The molecule has 1 aromatic rings. The molecular formula is C18H29N5O6. The van der Waals surface area contributed by atoms with Crippen molar-refractivity contribution in [1.82, 2.24) is 25.2 Å². The molecule has 11 nitrogen and oxygen atoms in total. The van der Waals surface area contributed by atoms with E-state index in [2.05, 4.69) is 15.5 Å². The second kappa shape index (κ2) is 12.2.